The van der Waals surface area contributed by atoms with Gasteiger partial charge < -0.3 is 4.57 Å². The predicted molar refractivity (Wildman–Crippen MR) is 76.1 cm³/mol. The van der Waals surface area contributed by atoms with Crippen molar-refractivity contribution in [3.05, 3.63) is 24.3 Å². The highest BCUT2D eigenvalue weighted by molar-refractivity contribution is 7.65. The summed E-state index contributed by atoms with van der Waals surface area (Å²) in [7, 11) is -2.20. The number of rotatable bonds is 0. The zero-order valence-corrected chi connectivity index (χ0v) is 12.8. The maximum absolute atomic E-state index is 13.3. The molecule has 4 atom stereocenters. The normalized spacial score (nSPS) is 46.6. The molecule has 1 saturated heterocycles. The average Bonchev–Trinajstić information content (AvgIpc) is 2.26. The molecule has 1 nitrogen and oxygen atoms in total. The van der Waals surface area contributed by atoms with E-state index in [-0.39, 0.29) is 16.2 Å². The number of fused-ring (bicyclic) bond motifs is 1. The first-order valence-corrected chi connectivity index (χ1v) is 8.78. The Hall–Kier alpha value is -0.290. The summed E-state index contributed by atoms with van der Waals surface area (Å²) in [6.45, 7) is 13.4. The monoisotopic (exact) mass is 252 g/mol. The van der Waals surface area contributed by atoms with Gasteiger partial charge in [-0.3, -0.25) is 0 Å². The second-order valence-electron chi connectivity index (χ2n) is 6.97. The summed E-state index contributed by atoms with van der Waals surface area (Å²) < 4.78 is 13.3. The Kier molecular flexibility index (Phi) is 2.79. The molecule has 4 unspecified atom stereocenters. The molecular weight excluding hydrogens is 227 g/mol. The Labute approximate surface area is 106 Å². The van der Waals surface area contributed by atoms with Gasteiger partial charge in [0, 0.05) is 10.8 Å². The third-order valence-corrected chi connectivity index (χ3v) is 10.2. The molecule has 2 heteroatoms. The smallest absolute Gasteiger partial charge is 0.0974 e. The van der Waals surface area contributed by atoms with E-state index in [9.17, 15) is 4.57 Å². The van der Waals surface area contributed by atoms with Gasteiger partial charge in [-0.15, -0.1) is 0 Å². The molecule has 1 aliphatic heterocycles. The van der Waals surface area contributed by atoms with Gasteiger partial charge >= 0.3 is 0 Å². The summed E-state index contributed by atoms with van der Waals surface area (Å²) in [5, 5.41) is -0.0762. The fourth-order valence-electron chi connectivity index (χ4n) is 3.72. The molecule has 1 fully saturated rings. The summed E-state index contributed by atoms with van der Waals surface area (Å²) in [5.41, 5.74) is 0.438. The Morgan fingerprint density at radius 3 is 2.18 bits per heavy atom. The van der Waals surface area contributed by atoms with Gasteiger partial charge in [-0.25, -0.2) is 0 Å². The molecule has 0 aromatic rings. The highest BCUT2D eigenvalue weighted by Gasteiger charge is 2.59. The molecule has 1 aliphatic carbocycles. The highest BCUT2D eigenvalue weighted by Crippen LogP contribution is 2.72. The maximum atomic E-state index is 13.3. The minimum Gasteiger partial charge on any atom is -0.323 e. The lowest BCUT2D eigenvalue weighted by Crippen LogP contribution is -2.53. The second-order valence-corrected chi connectivity index (χ2v) is 10.7. The molecule has 0 aromatic carbocycles. The number of hydrogen-bond donors (Lipinski definition) is 0. The Morgan fingerprint density at radius 1 is 1.06 bits per heavy atom. The summed E-state index contributed by atoms with van der Waals surface area (Å²) in [6, 6.07) is 0. The Balaban J connectivity index is 2.59. The van der Waals surface area contributed by atoms with E-state index in [0.717, 1.165) is 0 Å². The van der Waals surface area contributed by atoms with Crippen LogP contribution in [0.5, 0.6) is 0 Å². The van der Waals surface area contributed by atoms with Crippen LogP contribution in [0.3, 0.4) is 0 Å². The number of allylic oxidation sites excluding steroid dienone is 4. The standard InChI is InChI=1S/C15H25OP/c1-11-14(2,3)12-9-7-8-10-13(12)17(6,16)15(11,4)5/h7-13H,1-6H3. The van der Waals surface area contributed by atoms with Crippen LogP contribution in [0.4, 0.5) is 0 Å². The lowest BCUT2D eigenvalue weighted by Gasteiger charge is -2.58. The molecule has 0 radical (unpaired) electrons. The van der Waals surface area contributed by atoms with E-state index >= 15 is 0 Å². The van der Waals surface area contributed by atoms with Gasteiger partial charge in [0.15, 0.2) is 0 Å². The van der Waals surface area contributed by atoms with Crippen molar-refractivity contribution in [2.24, 2.45) is 17.3 Å². The van der Waals surface area contributed by atoms with Crippen LogP contribution in [0.25, 0.3) is 0 Å². The molecule has 96 valence electrons. The SMILES string of the molecule is CC1C(C)(C)C2C=CC=CC2P(C)(=O)C1(C)C. The molecule has 1 heterocycles. The zero-order valence-electron chi connectivity index (χ0n) is 11.9. The van der Waals surface area contributed by atoms with Crippen molar-refractivity contribution in [3.8, 4) is 0 Å². The van der Waals surface area contributed by atoms with E-state index in [2.05, 4.69) is 58.9 Å². The molecule has 0 saturated carbocycles. The van der Waals surface area contributed by atoms with Crippen molar-refractivity contribution >= 4 is 7.14 Å². The van der Waals surface area contributed by atoms with Crippen molar-refractivity contribution in [1.82, 2.24) is 0 Å². The minimum absolute atomic E-state index is 0.0762. The quantitative estimate of drug-likeness (QED) is 0.578. The summed E-state index contributed by atoms with van der Waals surface area (Å²) in [5.74, 6) is 0.884. The Bertz CT molecular complexity index is 428. The highest BCUT2D eigenvalue weighted by atomic mass is 31.2. The van der Waals surface area contributed by atoms with Crippen LogP contribution in [-0.4, -0.2) is 17.5 Å². The van der Waals surface area contributed by atoms with E-state index < -0.39 is 7.14 Å². The van der Waals surface area contributed by atoms with Gasteiger partial charge in [0.1, 0.15) is 0 Å². The fourth-order valence-corrected chi connectivity index (χ4v) is 7.12. The van der Waals surface area contributed by atoms with Crippen LogP contribution in [0.2, 0.25) is 0 Å². The first-order valence-electron chi connectivity index (χ1n) is 6.55. The van der Waals surface area contributed by atoms with Gasteiger partial charge in [-0.1, -0.05) is 58.9 Å². The van der Waals surface area contributed by atoms with Crippen molar-refractivity contribution in [1.29, 1.82) is 0 Å². The molecule has 0 aromatic heterocycles. The summed E-state index contributed by atoms with van der Waals surface area (Å²) in [6.07, 6.45) is 8.64. The average molecular weight is 252 g/mol. The second kappa shape index (κ2) is 3.60. The fraction of sp³-hybridized carbons (Fsp3) is 0.733. The Morgan fingerprint density at radius 2 is 1.59 bits per heavy atom. The molecule has 2 rings (SSSR count). The molecule has 0 bridgehead atoms. The van der Waals surface area contributed by atoms with Crippen molar-refractivity contribution in [3.63, 3.8) is 0 Å². The van der Waals surface area contributed by atoms with Gasteiger partial charge in [-0.2, -0.15) is 0 Å². The van der Waals surface area contributed by atoms with E-state index in [4.69, 9.17) is 0 Å². The molecule has 17 heavy (non-hydrogen) atoms. The van der Waals surface area contributed by atoms with Gasteiger partial charge in [-0.05, 0) is 23.9 Å². The van der Waals surface area contributed by atoms with Crippen molar-refractivity contribution in [2.45, 2.75) is 45.4 Å². The topological polar surface area (TPSA) is 17.1 Å². The molecule has 0 spiro atoms. The molecule has 0 amide bonds. The van der Waals surface area contributed by atoms with Crippen LogP contribution < -0.4 is 0 Å². The van der Waals surface area contributed by atoms with E-state index in [1.54, 1.807) is 0 Å². The number of hydrogen-bond acceptors (Lipinski definition) is 1. The molecular formula is C15H25OP. The van der Waals surface area contributed by atoms with Crippen molar-refractivity contribution < 1.29 is 4.57 Å². The first kappa shape index (κ1) is 13.1. The lowest BCUT2D eigenvalue weighted by molar-refractivity contribution is 0.110. The van der Waals surface area contributed by atoms with Crippen LogP contribution in [0.1, 0.15) is 34.6 Å². The third-order valence-electron chi connectivity index (χ3n) is 5.85. The van der Waals surface area contributed by atoms with Crippen molar-refractivity contribution in [2.75, 3.05) is 6.66 Å². The molecule has 0 N–H and O–H groups in total. The minimum atomic E-state index is -2.20. The summed E-state index contributed by atoms with van der Waals surface area (Å²) >= 11 is 0. The van der Waals surface area contributed by atoms with E-state index in [1.807, 2.05) is 6.66 Å². The van der Waals surface area contributed by atoms with Crippen LogP contribution in [0.15, 0.2) is 24.3 Å². The molecule has 2 aliphatic rings. The maximum Gasteiger partial charge on any atom is 0.0974 e. The lowest BCUT2D eigenvalue weighted by atomic mass is 9.63. The zero-order chi connectivity index (χ0) is 13.1. The van der Waals surface area contributed by atoms with E-state index in [1.165, 1.54) is 0 Å². The first-order chi connectivity index (χ1) is 7.63. The van der Waals surface area contributed by atoms with Gasteiger partial charge in [0.2, 0.25) is 0 Å². The summed E-state index contributed by atoms with van der Waals surface area (Å²) in [4.78, 5) is 0. The third kappa shape index (κ3) is 1.55. The van der Waals surface area contributed by atoms with E-state index in [0.29, 0.717) is 11.8 Å². The predicted octanol–water partition coefficient (Wildman–Crippen LogP) is 4.54. The largest absolute Gasteiger partial charge is 0.323 e. The van der Waals surface area contributed by atoms with Crippen LogP contribution in [-0.2, 0) is 4.57 Å². The van der Waals surface area contributed by atoms with Gasteiger partial charge in [0.05, 0.1) is 7.14 Å². The van der Waals surface area contributed by atoms with Crippen LogP contribution >= 0.6 is 7.14 Å². The van der Waals surface area contributed by atoms with Gasteiger partial charge in [0.25, 0.3) is 0 Å². The van der Waals surface area contributed by atoms with Crippen LogP contribution in [0, 0.1) is 17.3 Å².